The van der Waals surface area contributed by atoms with Crippen molar-refractivity contribution in [1.82, 2.24) is 4.90 Å². The first kappa shape index (κ1) is 20.4. The van der Waals surface area contributed by atoms with Gasteiger partial charge in [-0.1, -0.05) is 60.7 Å². The molecule has 0 N–H and O–H groups in total. The van der Waals surface area contributed by atoms with Gasteiger partial charge in [0.25, 0.3) is 5.84 Å². The zero-order chi connectivity index (χ0) is 19.3. The Labute approximate surface area is 156 Å². The average Bonchev–Trinajstić information content (AvgIpc) is 2.57. The zero-order valence-corrected chi connectivity index (χ0v) is 15.8. The lowest BCUT2D eigenvalue weighted by molar-refractivity contribution is -2.00. The van der Waals surface area contributed by atoms with E-state index in [1.54, 1.807) is 0 Å². The fourth-order valence-electron chi connectivity index (χ4n) is 3.21. The molecule has 3 rings (SSSR count). The average molecular weight is 379 g/mol. The van der Waals surface area contributed by atoms with Gasteiger partial charge in [0.15, 0.2) is 0 Å². The lowest BCUT2D eigenvalue weighted by Gasteiger charge is -2.41. The van der Waals surface area contributed by atoms with Gasteiger partial charge >= 0.3 is 0 Å². The van der Waals surface area contributed by atoms with Crippen molar-refractivity contribution in [1.29, 1.82) is 0 Å². The van der Waals surface area contributed by atoms with Crippen molar-refractivity contribution in [2.45, 2.75) is 25.4 Å². The van der Waals surface area contributed by atoms with E-state index in [4.69, 9.17) is 18.6 Å². The zero-order valence-electron chi connectivity index (χ0n) is 15.0. The van der Waals surface area contributed by atoms with Gasteiger partial charge in [-0.05, 0) is 6.92 Å². The fraction of sp³-hybridized carbons (Fsp3) is 0.316. The molecule has 6 nitrogen and oxygen atoms in total. The number of hydrogen-bond acceptors (Lipinski definition) is 4. The third kappa shape index (κ3) is 5.52. The maximum Gasteiger partial charge on any atom is 0.251 e. The van der Waals surface area contributed by atoms with E-state index in [9.17, 15) is 0 Å². The lowest BCUT2D eigenvalue weighted by atomic mass is 9.90. The van der Waals surface area contributed by atoms with E-state index in [1.807, 2.05) is 0 Å². The summed E-state index contributed by atoms with van der Waals surface area (Å²) in [7, 11) is -0.664. The Kier molecular flexibility index (Phi) is 6.75. The van der Waals surface area contributed by atoms with Crippen LogP contribution in [-0.2, 0) is 0 Å². The second-order valence-electron chi connectivity index (χ2n) is 6.37. The van der Waals surface area contributed by atoms with Crippen LogP contribution in [0.15, 0.2) is 60.7 Å². The summed E-state index contributed by atoms with van der Waals surface area (Å²) in [5, 5.41) is 0. The highest BCUT2D eigenvalue weighted by molar-refractivity contribution is 5.85. The van der Waals surface area contributed by atoms with Gasteiger partial charge in [0, 0.05) is 11.1 Å². The number of hydrogen-bond donors (Lipinski definition) is 0. The predicted octanol–water partition coefficient (Wildman–Crippen LogP) is -1.22. The first-order valence-corrected chi connectivity index (χ1v) is 9.45. The second kappa shape index (κ2) is 8.62. The van der Waals surface area contributed by atoms with Crippen LogP contribution in [0.4, 0.5) is 0 Å². The van der Waals surface area contributed by atoms with Crippen LogP contribution >= 0.6 is 0 Å². The Bertz CT molecular complexity index is 683. The third-order valence-corrected chi connectivity index (χ3v) is 4.28. The maximum atomic E-state index is 8.49. The molecule has 1 fully saturated rings. The standard InChI is InChI=1S/C19H23N2.ClHO4/c1-15-14-18(20(2)3)21(15)19(16-10-6-4-7-11-16)17-12-8-5-9-13-17;2-1(3,4)5/h4-13,15,19H,14H2,1-3H3;(H,2,3,4,5)/q+1;/p-1. The highest BCUT2D eigenvalue weighted by atomic mass is 35.7. The molecular weight excluding hydrogens is 356 g/mol. The van der Waals surface area contributed by atoms with Gasteiger partial charge in [0.2, 0.25) is 0 Å². The molecule has 26 heavy (non-hydrogen) atoms. The smallest absolute Gasteiger partial charge is 0.251 e. The Hall–Kier alpha value is -1.96. The highest BCUT2D eigenvalue weighted by Gasteiger charge is 2.45. The molecule has 1 saturated heterocycles. The monoisotopic (exact) mass is 378 g/mol. The summed E-state index contributed by atoms with van der Waals surface area (Å²) in [6, 6.07) is 22.5. The largest absolute Gasteiger partial charge is 0.271 e. The van der Waals surface area contributed by atoms with Crippen molar-refractivity contribution in [3.63, 3.8) is 0 Å². The van der Waals surface area contributed by atoms with Crippen LogP contribution < -0.4 is 18.6 Å². The van der Waals surface area contributed by atoms with E-state index < -0.39 is 10.2 Å². The summed E-state index contributed by atoms with van der Waals surface area (Å²) >= 11 is 0. The van der Waals surface area contributed by atoms with Gasteiger partial charge in [-0.2, -0.15) is 0 Å². The van der Waals surface area contributed by atoms with Crippen LogP contribution in [0.1, 0.15) is 30.5 Å². The SMILES string of the molecule is CC1CC(=[N+](C)C)N1C(c1ccccc1)c1ccccc1.[O-][Cl+3]([O-])([O-])[O-]. The quantitative estimate of drug-likeness (QED) is 0.624. The Morgan fingerprint density at radius 1 is 0.885 bits per heavy atom. The van der Waals surface area contributed by atoms with E-state index in [0.29, 0.717) is 12.1 Å². The molecule has 0 bridgehead atoms. The van der Waals surface area contributed by atoms with Crippen molar-refractivity contribution in [2.24, 2.45) is 0 Å². The Balaban J connectivity index is 0.000000431. The molecule has 140 valence electrons. The van der Waals surface area contributed by atoms with E-state index in [1.165, 1.54) is 17.0 Å². The molecule has 2 aromatic carbocycles. The molecule has 2 aromatic rings. The molecule has 0 aromatic heterocycles. The van der Waals surface area contributed by atoms with Crippen LogP contribution in [0.25, 0.3) is 0 Å². The first-order chi connectivity index (χ1) is 12.2. The van der Waals surface area contributed by atoms with Crippen LogP contribution in [-0.4, -0.2) is 35.4 Å². The Morgan fingerprint density at radius 2 is 1.27 bits per heavy atom. The molecule has 0 saturated carbocycles. The summed E-state index contributed by atoms with van der Waals surface area (Å²) in [4.78, 5) is 2.55. The minimum atomic E-state index is -4.94. The molecule has 1 atom stereocenters. The van der Waals surface area contributed by atoms with Gasteiger partial charge in [-0.15, -0.1) is 10.2 Å². The minimum Gasteiger partial charge on any atom is -0.271 e. The lowest BCUT2D eigenvalue weighted by Crippen LogP contribution is -2.68. The predicted molar refractivity (Wildman–Crippen MR) is 87.8 cm³/mol. The van der Waals surface area contributed by atoms with Gasteiger partial charge in [-0.3, -0.25) is 9.48 Å². The Morgan fingerprint density at radius 3 is 1.58 bits per heavy atom. The fourth-order valence-corrected chi connectivity index (χ4v) is 3.21. The molecule has 1 aliphatic heterocycles. The van der Waals surface area contributed by atoms with E-state index in [0.717, 1.165) is 6.42 Å². The summed E-state index contributed by atoms with van der Waals surface area (Å²) in [6.45, 7) is 2.31. The van der Waals surface area contributed by atoms with E-state index in [-0.39, 0.29) is 0 Å². The molecule has 0 radical (unpaired) electrons. The number of nitrogens with zero attached hydrogens (tertiary/aromatic N) is 2. The van der Waals surface area contributed by atoms with E-state index >= 15 is 0 Å². The minimum absolute atomic E-state index is 0.300. The van der Waals surface area contributed by atoms with Crippen molar-refractivity contribution >= 4 is 5.84 Å². The van der Waals surface area contributed by atoms with Crippen LogP contribution in [0.5, 0.6) is 0 Å². The molecule has 1 heterocycles. The van der Waals surface area contributed by atoms with Gasteiger partial charge in [-0.25, -0.2) is 18.6 Å². The van der Waals surface area contributed by atoms with Gasteiger partial charge in [0.1, 0.15) is 12.1 Å². The molecule has 1 aliphatic rings. The van der Waals surface area contributed by atoms with Crippen LogP contribution in [0, 0.1) is 10.2 Å². The van der Waals surface area contributed by atoms with Gasteiger partial charge < -0.3 is 0 Å². The molecule has 0 aliphatic carbocycles. The third-order valence-electron chi connectivity index (χ3n) is 4.28. The molecule has 7 heteroatoms. The normalized spacial score (nSPS) is 16.7. The van der Waals surface area contributed by atoms with Crippen molar-refractivity contribution in [2.75, 3.05) is 14.1 Å². The van der Waals surface area contributed by atoms with Crippen molar-refractivity contribution < 1.29 is 33.5 Å². The molecular formula is C19H23ClN2O4. The number of amidine groups is 1. The summed E-state index contributed by atoms with van der Waals surface area (Å²) in [6.07, 6.45) is 1.16. The van der Waals surface area contributed by atoms with Crippen LogP contribution in [0.2, 0.25) is 0 Å². The summed E-state index contributed by atoms with van der Waals surface area (Å²) in [5.41, 5.74) is 2.71. The second-order valence-corrected chi connectivity index (χ2v) is 7.13. The number of benzene rings is 2. The topological polar surface area (TPSA) is 98.5 Å². The number of likely N-dealkylation sites (tertiary alicyclic amines) is 1. The molecule has 0 spiro atoms. The van der Waals surface area contributed by atoms with Crippen molar-refractivity contribution in [3.8, 4) is 0 Å². The van der Waals surface area contributed by atoms with Gasteiger partial charge in [0.05, 0.1) is 20.5 Å². The summed E-state index contributed by atoms with van der Waals surface area (Å²) in [5.74, 6) is 1.42. The highest BCUT2D eigenvalue weighted by Crippen LogP contribution is 2.36. The number of halogens is 1. The number of rotatable bonds is 3. The van der Waals surface area contributed by atoms with Crippen molar-refractivity contribution in [3.05, 3.63) is 71.8 Å². The molecule has 0 amide bonds. The van der Waals surface area contributed by atoms with Crippen LogP contribution in [0.3, 0.4) is 0 Å². The first-order valence-electron chi connectivity index (χ1n) is 8.21. The maximum absolute atomic E-state index is 8.49. The summed E-state index contributed by atoms with van der Waals surface area (Å²) < 4.78 is 36.2. The molecule has 1 unspecified atom stereocenters. The van der Waals surface area contributed by atoms with E-state index in [2.05, 4.69) is 91.2 Å².